The van der Waals surface area contributed by atoms with E-state index in [-0.39, 0.29) is 17.1 Å². The lowest BCUT2D eigenvalue weighted by atomic mass is 10.0. The number of hydrogen-bond donors (Lipinski definition) is 0. The Bertz CT molecular complexity index is 509. The maximum absolute atomic E-state index is 11.6. The van der Waals surface area contributed by atoms with Crippen molar-refractivity contribution in [3.63, 3.8) is 0 Å². The highest BCUT2D eigenvalue weighted by molar-refractivity contribution is 6.74. The van der Waals surface area contributed by atoms with Crippen molar-refractivity contribution in [2.24, 2.45) is 5.92 Å². The van der Waals surface area contributed by atoms with Crippen molar-refractivity contribution >= 4 is 14.3 Å². The molecule has 1 aliphatic rings. The number of carbonyl (C=O) groups excluding carboxylic acids is 1. The summed E-state index contributed by atoms with van der Waals surface area (Å²) in [5, 5.41) is 0.193. The van der Waals surface area contributed by atoms with Gasteiger partial charge in [0.25, 0.3) is 0 Å². The maximum Gasteiger partial charge on any atom is 0.330 e. The van der Waals surface area contributed by atoms with E-state index in [9.17, 15) is 4.79 Å². The van der Waals surface area contributed by atoms with Crippen molar-refractivity contribution in [1.82, 2.24) is 0 Å². The lowest BCUT2D eigenvalue weighted by Crippen LogP contribution is -2.43. The van der Waals surface area contributed by atoms with Gasteiger partial charge in [-0.3, -0.25) is 0 Å². The Kier molecular flexibility index (Phi) is 7.68. The Morgan fingerprint density at radius 2 is 1.83 bits per heavy atom. The number of esters is 1. The first-order valence-electron chi connectivity index (χ1n) is 8.89. The van der Waals surface area contributed by atoms with Crippen LogP contribution in [-0.2, 0) is 14.0 Å². The highest BCUT2D eigenvalue weighted by Crippen LogP contribution is 2.38. The summed E-state index contributed by atoms with van der Waals surface area (Å²) in [6, 6.07) is 0. The summed E-state index contributed by atoms with van der Waals surface area (Å²) in [7, 11) is -1.82. The average Bonchev–Trinajstić information content (AvgIpc) is 2.46. The fraction of sp³-hybridized carbons (Fsp3) is 0.650. The molecule has 1 rings (SSSR count). The van der Waals surface area contributed by atoms with Crippen LogP contribution in [0.3, 0.4) is 0 Å². The standard InChI is InChI=1S/C20H34O3Si/c1-16-8-11-18(23-24(6,7)20(3,4)5)12-9-17(2)14-15-22-19(21)13-10-16/h9-10,12-14,16,18H,8,11,15H2,1-7H3/b12-9+,13-10+,17-14-/t16-,18-/m0/s1. The molecule has 4 heteroatoms. The van der Waals surface area contributed by atoms with E-state index in [1.165, 1.54) is 0 Å². The smallest absolute Gasteiger partial charge is 0.330 e. The molecular weight excluding hydrogens is 316 g/mol. The predicted octanol–water partition coefficient (Wildman–Crippen LogP) is 5.41. The number of rotatable bonds is 2. The van der Waals surface area contributed by atoms with Gasteiger partial charge in [-0.15, -0.1) is 0 Å². The van der Waals surface area contributed by atoms with E-state index >= 15 is 0 Å². The fourth-order valence-corrected chi connectivity index (χ4v) is 3.45. The second-order valence-corrected chi connectivity index (χ2v) is 13.0. The van der Waals surface area contributed by atoms with Gasteiger partial charge in [-0.05, 0) is 49.9 Å². The molecule has 0 N–H and O–H groups in total. The quantitative estimate of drug-likeness (QED) is 0.493. The molecule has 0 radical (unpaired) electrons. The van der Waals surface area contributed by atoms with Crippen molar-refractivity contribution < 1.29 is 14.0 Å². The molecule has 0 saturated carbocycles. The molecule has 0 aliphatic carbocycles. The molecule has 0 fully saturated rings. The summed E-state index contributed by atoms with van der Waals surface area (Å²) in [6.07, 6.45) is 11.7. The number of hydrogen-bond acceptors (Lipinski definition) is 3. The van der Waals surface area contributed by atoms with Gasteiger partial charge in [0.2, 0.25) is 0 Å². The van der Waals surface area contributed by atoms with Crippen molar-refractivity contribution in [3.05, 3.63) is 36.0 Å². The van der Waals surface area contributed by atoms with Crippen LogP contribution in [0.25, 0.3) is 0 Å². The van der Waals surface area contributed by atoms with Crippen LogP contribution in [0.1, 0.15) is 47.5 Å². The van der Waals surface area contributed by atoms with Gasteiger partial charge in [0.1, 0.15) is 6.61 Å². The molecule has 0 aromatic heterocycles. The molecule has 0 unspecified atom stereocenters. The lowest BCUT2D eigenvalue weighted by Gasteiger charge is -2.38. The third kappa shape index (κ3) is 7.18. The molecule has 0 aromatic rings. The summed E-state index contributed by atoms with van der Waals surface area (Å²) in [4.78, 5) is 11.6. The van der Waals surface area contributed by atoms with Crippen LogP contribution in [0.4, 0.5) is 0 Å². The van der Waals surface area contributed by atoms with Crippen LogP contribution in [0.15, 0.2) is 36.0 Å². The molecule has 1 aliphatic heterocycles. The normalized spacial score (nSPS) is 29.3. The van der Waals surface area contributed by atoms with Crippen molar-refractivity contribution in [3.8, 4) is 0 Å². The summed E-state index contributed by atoms with van der Waals surface area (Å²) >= 11 is 0. The van der Waals surface area contributed by atoms with E-state index in [2.05, 4.69) is 52.9 Å². The molecule has 0 aromatic carbocycles. The third-order valence-electron chi connectivity index (χ3n) is 4.92. The molecule has 2 atom stereocenters. The minimum absolute atomic E-state index is 0.113. The van der Waals surface area contributed by atoms with E-state index in [0.717, 1.165) is 18.4 Å². The number of cyclic esters (lactones) is 1. The highest BCUT2D eigenvalue weighted by Gasteiger charge is 2.38. The SMILES string of the molecule is CC1=C/COC(=O)/C=C/[C@@H](C)CC[C@H](O[Si](C)(C)C(C)(C)C)\C=C\1. The Morgan fingerprint density at radius 3 is 2.46 bits per heavy atom. The molecule has 0 saturated heterocycles. The van der Waals surface area contributed by atoms with Crippen LogP contribution in [0, 0.1) is 5.92 Å². The maximum atomic E-state index is 11.6. The monoisotopic (exact) mass is 350 g/mol. The average molecular weight is 351 g/mol. The first-order valence-corrected chi connectivity index (χ1v) is 11.8. The lowest BCUT2D eigenvalue weighted by molar-refractivity contribution is -0.136. The third-order valence-corrected chi connectivity index (χ3v) is 9.43. The zero-order chi connectivity index (χ0) is 18.4. The molecule has 136 valence electrons. The minimum atomic E-state index is -1.82. The molecule has 0 spiro atoms. The van der Waals surface area contributed by atoms with Gasteiger partial charge in [-0.2, -0.15) is 0 Å². The number of allylic oxidation sites excluding steroid dienone is 3. The van der Waals surface area contributed by atoms with E-state index in [1.54, 1.807) is 6.08 Å². The molecule has 3 nitrogen and oxygen atoms in total. The van der Waals surface area contributed by atoms with Crippen molar-refractivity contribution in [1.29, 1.82) is 0 Å². The molecule has 24 heavy (non-hydrogen) atoms. The first-order chi connectivity index (χ1) is 11.0. The molecule has 0 amide bonds. The summed E-state index contributed by atoms with van der Waals surface area (Å²) in [6.45, 7) is 15.8. The largest absolute Gasteiger partial charge is 0.458 e. The fourth-order valence-electron chi connectivity index (χ4n) is 2.15. The van der Waals surface area contributed by atoms with Gasteiger partial charge in [-0.1, -0.05) is 51.5 Å². The zero-order valence-corrected chi connectivity index (χ0v) is 17.4. The van der Waals surface area contributed by atoms with Crippen LogP contribution in [0.5, 0.6) is 0 Å². The van der Waals surface area contributed by atoms with Crippen LogP contribution in [-0.4, -0.2) is 27.0 Å². The summed E-state index contributed by atoms with van der Waals surface area (Å²) in [5.41, 5.74) is 1.09. The van der Waals surface area contributed by atoms with Gasteiger partial charge in [0.15, 0.2) is 8.32 Å². The van der Waals surface area contributed by atoms with Crippen LogP contribution in [0.2, 0.25) is 18.1 Å². The molecule has 0 bridgehead atoms. The van der Waals surface area contributed by atoms with Crippen molar-refractivity contribution in [2.45, 2.75) is 71.7 Å². The Hall–Kier alpha value is -1.13. The molecular formula is C20H34O3Si. The number of ether oxygens (including phenoxy) is 1. The summed E-state index contributed by atoms with van der Waals surface area (Å²) in [5.74, 6) is 0.0504. The number of carbonyl (C=O) groups is 1. The predicted molar refractivity (Wildman–Crippen MR) is 103 cm³/mol. The Morgan fingerprint density at radius 1 is 1.17 bits per heavy atom. The van der Waals surface area contributed by atoms with E-state index in [0.29, 0.717) is 12.5 Å². The zero-order valence-electron chi connectivity index (χ0n) is 16.4. The Labute approximate surface area is 148 Å². The van der Waals surface area contributed by atoms with Crippen LogP contribution < -0.4 is 0 Å². The highest BCUT2D eigenvalue weighted by atomic mass is 28.4. The second kappa shape index (κ2) is 8.81. The van der Waals surface area contributed by atoms with Crippen LogP contribution >= 0.6 is 0 Å². The van der Waals surface area contributed by atoms with Gasteiger partial charge < -0.3 is 9.16 Å². The van der Waals surface area contributed by atoms with E-state index in [1.807, 2.05) is 19.1 Å². The van der Waals surface area contributed by atoms with Gasteiger partial charge in [0.05, 0.1) is 6.10 Å². The first kappa shape index (κ1) is 20.9. The van der Waals surface area contributed by atoms with Gasteiger partial charge in [0, 0.05) is 6.08 Å². The minimum Gasteiger partial charge on any atom is -0.458 e. The van der Waals surface area contributed by atoms with E-state index < -0.39 is 8.32 Å². The van der Waals surface area contributed by atoms with Crippen molar-refractivity contribution in [2.75, 3.05) is 6.61 Å². The second-order valence-electron chi connectivity index (χ2n) is 8.27. The van der Waals surface area contributed by atoms with Gasteiger partial charge in [-0.25, -0.2) is 4.79 Å². The van der Waals surface area contributed by atoms with Gasteiger partial charge >= 0.3 is 5.97 Å². The Balaban J connectivity index is 2.94. The van der Waals surface area contributed by atoms with E-state index in [4.69, 9.17) is 9.16 Å². The molecule has 1 heterocycles. The topological polar surface area (TPSA) is 35.5 Å². The summed E-state index contributed by atoms with van der Waals surface area (Å²) < 4.78 is 11.8.